The number of carbonyl (C=O) groups is 4. The first-order valence-electron chi connectivity index (χ1n) is 11.4. The van der Waals surface area contributed by atoms with Gasteiger partial charge in [0.1, 0.15) is 5.82 Å². The highest BCUT2D eigenvalue weighted by atomic mass is 19.2. The molecule has 0 saturated carbocycles. The molecule has 3 rings (SSSR count). The van der Waals surface area contributed by atoms with Crippen LogP contribution in [-0.2, 0) is 25.6 Å². The van der Waals surface area contributed by atoms with Gasteiger partial charge in [-0.1, -0.05) is 13.8 Å². The average Bonchev–Trinajstić information content (AvgIpc) is 3.36. The summed E-state index contributed by atoms with van der Waals surface area (Å²) in [5.41, 5.74) is 5.94. The summed E-state index contributed by atoms with van der Waals surface area (Å²) in [6, 6.07) is 0.555. The van der Waals surface area contributed by atoms with Crippen LogP contribution >= 0.6 is 0 Å². The highest BCUT2D eigenvalue weighted by Gasteiger charge is 2.44. The number of hydrogen-bond donors (Lipinski definition) is 3. The van der Waals surface area contributed by atoms with Crippen molar-refractivity contribution in [1.82, 2.24) is 9.80 Å². The summed E-state index contributed by atoms with van der Waals surface area (Å²) in [6.45, 7) is 5.52. The molecule has 12 heteroatoms. The van der Waals surface area contributed by atoms with E-state index in [2.05, 4.69) is 0 Å². The number of amides is 2. The molecule has 0 aliphatic carbocycles. The zero-order chi connectivity index (χ0) is 27.2. The minimum absolute atomic E-state index is 0.0117. The van der Waals surface area contributed by atoms with Gasteiger partial charge in [0.15, 0.2) is 11.6 Å². The largest absolute Gasteiger partial charge is 0.478 e. The third kappa shape index (κ3) is 7.80. The molecule has 2 fully saturated rings. The Kier molecular flexibility index (Phi) is 10.0. The first kappa shape index (κ1) is 28.8. The van der Waals surface area contributed by atoms with Crippen molar-refractivity contribution in [3.05, 3.63) is 47.3 Å². The van der Waals surface area contributed by atoms with Crippen molar-refractivity contribution in [1.29, 1.82) is 0 Å². The van der Waals surface area contributed by atoms with Crippen LogP contribution in [0.2, 0.25) is 0 Å². The van der Waals surface area contributed by atoms with Crippen molar-refractivity contribution in [2.24, 2.45) is 17.6 Å². The molecule has 2 amide bonds. The fourth-order valence-electron chi connectivity index (χ4n) is 4.38. The van der Waals surface area contributed by atoms with Crippen LogP contribution in [0.25, 0.3) is 0 Å². The van der Waals surface area contributed by atoms with E-state index in [4.69, 9.17) is 15.9 Å². The molecule has 9 nitrogen and oxygen atoms in total. The lowest BCUT2D eigenvalue weighted by atomic mass is 10.0. The Labute approximate surface area is 206 Å². The maximum atomic E-state index is 13.8. The molecule has 2 aliphatic rings. The van der Waals surface area contributed by atoms with Crippen LogP contribution in [0.3, 0.4) is 0 Å². The Morgan fingerprint density at radius 2 is 1.61 bits per heavy atom. The molecule has 1 aromatic rings. The van der Waals surface area contributed by atoms with Crippen molar-refractivity contribution in [3.63, 3.8) is 0 Å². The Bertz CT molecular complexity index is 1020. The number of benzene rings is 1. The number of fused-ring (bicyclic) bond motifs is 1. The third-order valence-electron chi connectivity index (χ3n) is 6.05. The first-order chi connectivity index (χ1) is 16.8. The second-order valence-corrected chi connectivity index (χ2v) is 9.14. The summed E-state index contributed by atoms with van der Waals surface area (Å²) < 4.78 is 40.2. The number of rotatable bonds is 7. The highest BCUT2D eigenvalue weighted by molar-refractivity contribution is 5.89. The maximum Gasteiger partial charge on any atom is 0.328 e. The number of aliphatic carboxylic acids is 2. The molecule has 2 heterocycles. The van der Waals surface area contributed by atoms with Crippen molar-refractivity contribution < 1.29 is 42.6 Å². The first-order valence-corrected chi connectivity index (χ1v) is 11.4. The Morgan fingerprint density at radius 1 is 1.03 bits per heavy atom. The third-order valence-corrected chi connectivity index (χ3v) is 6.05. The standard InChI is InChI=1S/C20H26F3N3O2.C4H4O4/c1-11(2)20(28)25-9-12-3-4-26(18(12)10-25)19(27)7-14(24)5-13-6-16(22)17(23)8-15(13)21;5-3(6)1-2-4(7)8/h6,8,11-12,14,18H,3-5,7,9-10,24H2,1-2H3;1-2H,(H,5,6)(H,7,8)/t12-,14+,18+;/m0./s1. The van der Waals surface area contributed by atoms with Crippen LogP contribution in [0, 0.1) is 29.3 Å². The Balaban J connectivity index is 0.000000493. The number of carboxylic acids is 2. The van der Waals surface area contributed by atoms with E-state index in [1.807, 2.05) is 18.7 Å². The van der Waals surface area contributed by atoms with Gasteiger partial charge in [0.05, 0.1) is 6.04 Å². The van der Waals surface area contributed by atoms with Crippen molar-refractivity contribution in [3.8, 4) is 0 Å². The number of halogens is 3. The fourth-order valence-corrected chi connectivity index (χ4v) is 4.38. The lowest BCUT2D eigenvalue weighted by Gasteiger charge is -2.26. The van der Waals surface area contributed by atoms with Gasteiger partial charge in [-0.2, -0.15) is 0 Å². The molecule has 36 heavy (non-hydrogen) atoms. The molecular formula is C24H30F3N3O6. The van der Waals surface area contributed by atoms with Gasteiger partial charge < -0.3 is 25.7 Å². The normalized spacial score (nSPS) is 19.8. The van der Waals surface area contributed by atoms with E-state index in [0.717, 1.165) is 12.5 Å². The van der Waals surface area contributed by atoms with Crippen LogP contribution in [0.4, 0.5) is 13.2 Å². The monoisotopic (exact) mass is 513 g/mol. The fraction of sp³-hybridized carbons (Fsp3) is 0.500. The van der Waals surface area contributed by atoms with E-state index in [0.29, 0.717) is 37.9 Å². The van der Waals surface area contributed by atoms with Crippen molar-refractivity contribution in [2.75, 3.05) is 19.6 Å². The number of nitrogens with two attached hydrogens (primary N) is 1. The van der Waals surface area contributed by atoms with Crippen LogP contribution in [0.5, 0.6) is 0 Å². The number of carbonyl (C=O) groups excluding carboxylic acids is 2. The molecule has 3 atom stereocenters. The second kappa shape index (κ2) is 12.5. The van der Waals surface area contributed by atoms with Crippen LogP contribution in [0.15, 0.2) is 24.3 Å². The summed E-state index contributed by atoms with van der Waals surface area (Å²) in [7, 11) is 0. The van der Waals surface area contributed by atoms with Crippen molar-refractivity contribution in [2.45, 2.75) is 45.2 Å². The summed E-state index contributed by atoms with van der Waals surface area (Å²) in [6.07, 6.45) is 1.88. The van der Waals surface area contributed by atoms with Gasteiger partial charge in [-0.25, -0.2) is 22.8 Å². The van der Waals surface area contributed by atoms with Gasteiger partial charge in [-0.3, -0.25) is 9.59 Å². The summed E-state index contributed by atoms with van der Waals surface area (Å²) >= 11 is 0. The molecule has 0 bridgehead atoms. The minimum Gasteiger partial charge on any atom is -0.478 e. The van der Waals surface area contributed by atoms with E-state index in [9.17, 15) is 32.3 Å². The Morgan fingerprint density at radius 3 is 2.17 bits per heavy atom. The zero-order valence-electron chi connectivity index (χ0n) is 20.0. The highest BCUT2D eigenvalue weighted by Crippen LogP contribution is 2.32. The van der Waals surface area contributed by atoms with Gasteiger partial charge in [0.25, 0.3) is 0 Å². The van der Waals surface area contributed by atoms with Gasteiger partial charge in [-0.15, -0.1) is 0 Å². The SMILES string of the molecule is CC(C)C(=O)N1C[C@@H]2CCN(C(=O)C[C@H](N)Cc3cc(F)c(F)cc3F)[C@@H]2C1.O=C(O)C=CC(=O)O. The summed E-state index contributed by atoms with van der Waals surface area (Å²) in [5.74, 6) is -5.65. The zero-order valence-corrected chi connectivity index (χ0v) is 20.0. The molecule has 1 aromatic carbocycles. The van der Waals surface area contributed by atoms with Gasteiger partial charge in [0, 0.05) is 62.2 Å². The molecule has 0 spiro atoms. The van der Waals surface area contributed by atoms with Crippen LogP contribution < -0.4 is 5.73 Å². The smallest absolute Gasteiger partial charge is 0.328 e. The van der Waals surface area contributed by atoms with E-state index in [-0.39, 0.29) is 48.1 Å². The summed E-state index contributed by atoms with van der Waals surface area (Å²) in [4.78, 5) is 47.6. The summed E-state index contributed by atoms with van der Waals surface area (Å²) in [5, 5.41) is 15.6. The number of nitrogens with zero attached hydrogens (tertiary/aromatic N) is 2. The predicted molar refractivity (Wildman–Crippen MR) is 122 cm³/mol. The van der Waals surface area contributed by atoms with E-state index < -0.39 is 35.4 Å². The van der Waals surface area contributed by atoms with Gasteiger partial charge in [-0.05, 0) is 24.5 Å². The number of likely N-dealkylation sites (tertiary alicyclic amines) is 2. The lowest BCUT2D eigenvalue weighted by molar-refractivity contribution is -0.136. The van der Waals surface area contributed by atoms with Crippen LogP contribution in [-0.4, -0.2) is 75.5 Å². The average molecular weight is 514 g/mol. The maximum absolute atomic E-state index is 13.8. The molecule has 0 aromatic heterocycles. The van der Waals surface area contributed by atoms with E-state index >= 15 is 0 Å². The molecule has 0 unspecified atom stereocenters. The second-order valence-electron chi connectivity index (χ2n) is 9.14. The quantitative estimate of drug-likeness (QED) is 0.373. The van der Waals surface area contributed by atoms with Gasteiger partial charge >= 0.3 is 11.9 Å². The molecular weight excluding hydrogens is 483 g/mol. The van der Waals surface area contributed by atoms with E-state index in [1.165, 1.54) is 0 Å². The Hall–Kier alpha value is -3.41. The molecule has 2 aliphatic heterocycles. The molecule has 198 valence electrons. The number of hydrogen-bond acceptors (Lipinski definition) is 5. The van der Waals surface area contributed by atoms with Crippen LogP contribution in [0.1, 0.15) is 32.3 Å². The molecule has 4 N–H and O–H groups in total. The van der Waals surface area contributed by atoms with Crippen molar-refractivity contribution >= 4 is 23.8 Å². The lowest BCUT2D eigenvalue weighted by Crippen LogP contribution is -2.43. The topological polar surface area (TPSA) is 141 Å². The van der Waals surface area contributed by atoms with Gasteiger partial charge in [0.2, 0.25) is 11.8 Å². The predicted octanol–water partition coefficient (Wildman–Crippen LogP) is 1.79. The minimum atomic E-state index is -1.26. The van der Waals surface area contributed by atoms with E-state index in [1.54, 1.807) is 4.90 Å². The number of carboxylic acid groups (broad SMARTS) is 2. The molecule has 0 radical (unpaired) electrons. The molecule has 2 saturated heterocycles.